The highest BCUT2D eigenvalue weighted by molar-refractivity contribution is 7.99. The monoisotopic (exact) mass is 362 g/mol. The Morgan fingerprint density at radius 3 is 2.28 bits per heavy atom. The highest BCUT2D eigenvalue weighted by Crippen LogP contribution is 2.26. The van der Waals surface area contributed by atoms with Gasteiger partial charge >= 0.3 is 0 Å². The summed E-state index contributed by atoms with van der Waals surface area (Å²) in [5.41, 5.74) is 7.20. The molecule has 0 aliphatic carbocycles. The van der Waals surface area contributed by atoms with Crippen LogP contribution in [0, 0.1) is 0 Å². The average molecular weight is 362 g/mol. The molecule has 25 heavy (non-hydrogen) atoms. The summed E-state index contributed by atoms with van der Waals surface area (Å²) in [6, 6.07) is 6.41. The first kappa shape index (κ1) is 18.8. The van der Waals surface area contributed by atoms with Crippen molar-refractivity contribution in [2.45, 2.75) is 38.4 Å². The summed E-state index contributed by atoms with van der Waals surface area (Å²) in [4.78, 5) is 23.7. The summed E-state index contributed by atoms with van der Waals surface area (Å²) in [5.74, 6) is 0.686. The van der Waals surface area contributed by atoms with Crippen LogP contribution in [0.15, 0.2) is 29.4 Å². The smallest absolute Gasteiger partial charge is 0.247 e. The molecule has 0 fully saturated rings. The molecule has 2 amide bonds. The molecule has 4 N–H and O–H groups in total. The van der Waals surface area contributed by atoms with E-state index >= 15 is 0 Å². The molecule has 0 spiro atoms. The molecule has 0 bridgehead atoms. The molecule has 1 aromatic carbocycles. The van der Waals surface area contributed by atoms with Gasteiger partial charge in [0.2, 0.25) is 17.8 Å². The Morgan fingerprint density at radius 2 is 1.76 bits per heavy atom. The molecule has 9 heteroatoms. The second kappa shape index (κ2) is 8.52. The van der Waals surface area contributed by atoms with Crippen LogP contribution in [0.5, 0.6) is 0 Å². The van der Waals surface area contributed by atoms with Gasteiger partial charge in [0, 0.05) is 18.3 Å². The number of nitrogen functional groups attached to an aromatic ring is 1. The maximum absolute atomic E-state index is 12.7. The number of nitrogens with one attached hydrogen (secondary N) is 2. The summed E-state index contributed by atoms with van der Waals surface area (Å²) in [5, 5.41) is 14.1. The molecule has 0 saturated carbocycles. The molecule has 1 unspecified atom stereocenters. The number of benzene rings is 1. The molecule has 0 aliphatic rings. The quantitative estimate of drug-likeness (QED) is 0.652. The molecule has 2 aromatic rings. The maximum atomic E-state index is 12.7. The Kier molecular flexibility index (Phi) is 6.40. The van der Waals surface area contributed by atoms with Crippen LogP contribution in [-0.2, 0) is 9.59 Å². The molecule has 1 aromatic heterocycles. The molecule has 134 valence electrons. The Hall–Kier alpha value is -2.55. The fourth-order valence-electron chi connectivity index (χ4n) is 2.36. The minimum Gasteiger partial charge on any atom is -0.368 e. The SMILES string of the molecule is CCSc1nnc(N)n1C(CC)C(=O)Nc1ccc(NC(C)=O)cc1. The maximum Gasteiger partial charge on any atom is 0.247 e. The lowest BCUT2D eigenvalue weighted by molar-refractivity contribution is -0.119. The largest absolute Gasteiger partial charge is 0.368 e. The van der Waals surface area contributed by atoms with E-state index in [4.69, 9.17) is 5.73 Å². The van der Waals surface area contributed by atoms with Crippen molar-refractivity contribution in [3.63, 3.8) is 0 Å². The lowest BCUT2D eigenvalue weighted by atomic mass is 10.2. The Bertz CT molecular complexity index is 744. The molecule has 1 heterocycles. The number of nitrogens with zero attached hydrogens (tertiary/aromatic N) is 3. The summed E-state index contributed by atoms with van der Waals surface area (Å²) < 4.78 is 1.66. The van der Waals surface area contributed by atoms with Crippen LogP contribution < -0.4 is 16.4 Å². The summed E-state index contributed by atoms with van der Waals surface area (Å²) in [6.45, 7) is 5.35. The Balaban J connectivity index is 2.15. The van der Waals surface area contributed by atoms with Crippen LogP contribution in [0.4, 0.5) is 17.3 Å². The van der Waals surface area contributed by atoms with Crippen LogP contribution in [0.1, 0.15) is 33.2 Å². The third-order valence-electron chi connectivity index (χ3n) is 3.44. The first-order chi connectivity index (χ1) is 12.0. The number of rotatable bonds is 7. The van der Waals surface area contributed by atoms with Crippen molar-refractivity contribution in [1.29, 1.82) is 0 Å². The molecule has 0 saturated heterocycles. The van der Waals surface area contributed by atoms with Gasteiger partial charge in [-0.15, -0.1) is 10.2 Å². The fraction of sp³-hybridized carbons (Fsp3) is 0.375. The average Bonchev–Trinajstić information content (AvgIpc) is 2.91. The number of carbonyl (C=O) groups excluding carboxylic acids is 2. The van der Waals surface area contributed by atoms with Gasteiger partial charge in [-0.3, -0.25) is 14.2 Å². The van der Waals surface area contributed by atoms with Crippen molar-refractivity contribution in [1.82, 2.24) is 14.8 Å². The highest BCUT2D eigenvalue weighted by atomic mass is 32.2. The lowest BCUT2D eigenvalue weighted by Crippen LogP contribution is -2.27. The van der Waals surface area contributed by atoms with Gasteiger partial charge in [0.1, 0.15) is 6.04 Å². The van der Waals surface area contributed by atoms with Crippen LogP contribution in [0.2, 0.25) is 0 Å². The molecular formula is C16H22N6O2S. The van der Waals surface area contributed by atoms with Crippen molar-refractivity contribution in [3.05, 3.63) is 24.3 Å². The van der Waals surface area contributed by atoms with E-state index in [-0.39, 0.29) is 17.8 Å². The van der Waals surface area contributed by atoms with Gasteiger partial charge in [0.15, 0.2) is 5.16 Å². The third-order valence-corrected chi connectivity index (χ3v) is 4.26. The number of carbonyl (C=O) groups is 2. The minimum absolute atomic E-state index is 0.146. The van der Waals surface area contributed by atoms with Crippen LogP contribution in [0.25, 0.3) is 0 Å². The first-order valence-electron chi connectivity index (χ1n) is 7.97. The molecule has 0 radical (unpaired) electrons. The van der Waals surface area contributed by atoms with Crippen molar-refractivity contribution in [3.8, 4) is 0 Å². The van der Waals surface area contributed by atoms with Gasteiger partial charge in [-0.25, -0.2) is 0 Å². The number of anilines is 3. The summed E-state index contributed by atoms with van der Waals surface area (Å²) in [6.07, 6.45) is 0.551. The van der Waals surface area contributed by atoms with Crippen molar-refractivity contribution in [2.75, 3.05) is 22.1 Å². The van der Waals surface area contributed by atoms with Gasteiger partial charge in [-0.1, -0.05) is 25.6 Å². The van der Waals surface area contributed by atoms with Gasteiger partial charge < -0.3 is 16.4 Å². The van der Waals surface area contributed by atoms with E-state index in [1.54, 1.807) is 28.8 Å². The van der Waals surface area contributed by atoms with E-state index < -0.39 is 6.04 Å². The highest BCUT2D eigenvalue weighted by Gasteiger charge is 2.24. The number of hydrogen-bond acceptors (Lipinski definition) is 6. The van der Waals surface area contributed by atoms with Gasteiger partial charge in [0.25, 0.3) is 0 Å². The van der Waals surface area contributed by atoms with Gasteiger partial charge in [-0.2, -0.15) is 0 Å². The molecule has 1 atom stereocenters. The zero-order valence-electron chi connectivity index (χ0n) is 14.4. The molecule has 2 rings (SSSR count). The topological polar surface area (TPSA) is 115 Å². The molecule has 0 aliphatic heterocycles. The first-order valence-corrected chi connectivity index (χ1v) is 8.96. The van der Waals surface area contributed by atoms with Crippen LogP contribution >= 0.6 is 11.8 Å². The normalized spacial score (nSPS) is 11.8. The predicted octanol–water partition coefficient (Wildman–Crippen LogP) is 2.52. The zero-order valence-corrected chi connectivity index (χ0v) is 15.3. The van der Waals surface area contributed by atoms with E-state index in [0.29, 0.717) is 23.0 Å². The van der Waals surface area contributed by atoms with Crippen LogP contribution in [-0.4, -0.2) is 32.3 Å². The Morgan fingerprint density at radius 1 is 1.16 bits per heavy atom. The van der Waals surface area contributed by atoms with E-state index in [9.17, 15) is 9.59 Å². The fourth-order valence-corrected chi connectivity index (χ4v) is 3.08. The van der Waals surface area contributed by atoms with Gasteiger partial charge in [0.05, 0.1) is 0 Å². The second-order valence-corrected chi connectivity index (χ2v) is 6.55. The van der Waals surface area contributed by atoms with E-state index in [2.05, 4.69) is 20.8 Å². The second-order valence-electron chi connectivity index (χ2n) is 5.32. The Labute approximate surface area is 150 Å². The molecule has 8 nitrogen and oxygen atoms in total. The minimum atomic E-state index is -0.501. The van der Waals surface area contributed by atoms with Crippen LogP contribution in [0.3, 0.4) is 0 Å². The number of aromatic nitrogens is 3. The van der Waals surface area contributed by atoms with E-state index in [1.807, 2.05) is 13.8 Å². The van der Waals surface area contributed by atoms with Crippen molar-refractivity contribution < 1.29 is 9.59 Å². The van der Waals surface area contributed by atoms with E-state index in [1.165, 1.54) is 18.7 Å². The summed E-state index contributed by atoms with van der Waals surface area (Å²) in [7, 11) is 0. The summed E-state index contributed by atoms with van der Waals surface area (Å²) >= 11 is 1.49. The number of hydrogen-bond donors (Lipinski definition) is 3. The van der Waals surface area contributed by atoms with Crippen molar-refractivity contribution >= 4 is 40.9 Å². The zero-order chi connectivity index (χ0) is 18.4. The van der Waals surface area contributed by atoms with Crippen molar-refractivity contribution in [2.24, 2.45) is 0 Å². The third kappa shape index (κ3) is 4.72. The standard InChI is InChI=1S/C16H22N6O2S/c1-4-13(22-15(17)20-21-16(22)25-5-2)14(24)19-12-8-6-11(7-9-12)18-10(3)23/h6-9,13H,4-5H2,1-3H3,(H2,17,20)(H,18,23)(H,19,24). The van der Waals surface area contributed by atoms with E-state index in [0.717, 1.165) is 5.75 Å². The van der Waals surface area contributed by atoms with Gasteiger partial charge in [-0.05, 0) is 36.4 Å². The number of amides is 2. The predicted molar refractivity (Wildman–Crippen MR) is 99.5 cm³/mol. The lowest BCUT2D eigenvalue weighted by Gasteiger charge is -2.19. The number of nitrogens with two attached hydrogens (primary N) is 1. The molecular weight excluding hydrogens is 340 g/mol. The number of thioether (sulfide) groups is 1.